The second kappa shape index (κ2) is 8.17. The highest BCUT2D eigenvalue weighted by Gasteiger charge is 2.24. The van der Waals surface area contributed by atoms with E-state index in [0.29, 0.717) is 12.3 Å². The predicted octanol–water partition coefficient (Wildman–Crippen LogP) is 2.24. The normalized spacial score (nSPS) is 17.1. The first kappa shape index (κ1) is 16.8. The summed E-state index contributed by atoms with van der Waals surface area (Å²) in [4.78, 5) is 25.5. The molecule has 2 rings (SSSR count). The number of likely N-dealkylation sites (tertiary alicyclic amines) is 1. The molecule has 1 atom stereocenters. The average molecular weight is 323 g/mol. The standard InChI is InChI=1S/C16H25N3O2S/c1-12(9-14-5-8-22-11-14)18-16(21)19-6-3-13(4-7-19)10-15(20)17-2/h5,8,11-13H,3-4,6-7,9-10H2,1-2H3,(H,17,20)(H,18,21)/t12-/m1/s1. The van der Waals surface area contributed by atoms with Gasteiger partial charge in [0.25, 0.3) is 0 Å². The van der Waals surface area contributed by atoms with Gasteiger partial charge < -0.3 is 15.5 Å². The molecule has 5 nitrogen and oxygen atoms in total. The van der Waals surface area contributed by atoms with Crippen LogP contribution in [0, 0.1) is 5.92 Å². The van der Waals surface area contributed by atoms with E-state index in [1.165, 1.54) is 5.56 Å². The minimum atomic E-state index is 0.0149. The van der Waals surface area contributed by atoms with Crippen molar-refractivity contribution >= 4 is 23.3 Å². The van der Waals surface area contributed by atoms with Crippen LogP contribution in [0.2, 0.25) is 0 Å². The molecule has 2 heterocycles. The van der Waals surface area contributed by atoms with Gasteiger partial charge in [0.2, 0.25) is 5.91 Å². The summed E-state index contributed by atoms with van der Waals surface area (Å²) in [6.07, 6.45) is 3.24. The highest BCUT2D eigenvalue weighted by atomic mass is 32.1. The largest absolute Gasteiger partial charge is 0.359 e. The van der Waals surface area contributed by atoms with Gasteiger partial charge in [-0.25, -0.2) is 4.79 Å². The minimum Gasteiger partial charge on any atom is -0.359 e. The predicted molar refractivity (Wildman–Crippen MR) is 89.0 cm³/mol. The van der Waals surface area contributed by atoms with Crippen LogP contribution < -0.4 is 10.6 Å². The summed E-state index contributed by atoms with van der Waals surface area (Å²) >= 11 is 1.68. The first-order chi connectivity index (χ1) is 10.6. The van der Waals surface area contributed by atoms with Crippen LogP contribution in [0.4, 0.5) is 4.79 Å². The van der Waals surface area contributed by atoms with Crippen LogP contribution in [-0.2, 0) is 11.2 Å². The Morgan fingerprint density at radius 2 is 2.14 bits per heavy atom. The van der Waals surface area contributed by atoms with Crippen LogP contribution in [-0.4, -0.2) is 43.0 Å². The smallest absolute Gasteiger partial charge is 0.317 e. The summed E-state index contributed by atoms with van der Waals surface area (Å²) in [7, 11) is 1.67. The van der Waals surface area contributed by atoms with E-state index in [0.717, 1.165) is 32.4 Å². The Hall–Kier alpha value is -1.56. The number of hydrogen-bond acceptors (Lipinski definition) is 3. The van der Waals surface area contributed by atoms with Crippen molar-refractivity contribution in [2.24, 2.45) is 5.92 Å². The van der Waals surface area contributed by atoms with E-state index in [-0.39, 0.29) is 18.0 Å². The minimum absolute atomic E-state index is 0.0149. The average Bonchev–Trinajstić information content (AvgIpc) is 3.00. The van der Waals surface area contributed by atoms with Crippen molar-refractivity contribution < 1.29 is 9.59 Å². The first-order valence-electron chi connectivity index (χ1n) is 7.85. The van der Waals surface area contributed by atoms with Crippen molar-refractivity contribution in [3.05, 3.63) is 22.4 Å². The van der Waals surface area contributed by atoms with Gasteiger partial charge in [-0.15, -0.1) is 0 Å². The van der Waals surface area contributed by atoms with Gasteiger partial charge in [0.1, 0.15) is 0 Å². The third-order valence-electron chi connectivity index (χ3n) is 4.15. The molecule has 0 bridgehead atoms. The van der Waals surface area contributed by atoms with Crippen LogP contribution >= 0.6 is 11.3 Å². The number of piperidine rings is 1. The number of hydrogen-bond donors (Lipinski definition) is 2. The van der Waals surface area contributed by atoms with E-state index in [9.17, 15) is 9.59 Å². The van der Waals surface area contributed by atoms with E-state index >= 15 is 0 Å². The third kappa shape index (κ3) is 5.02. The lowest BCUT2D eigenvalue weighted by atomic mass is 9.93. The number of urea groups is 1. The highest BCUT2D eigenvalue weighted by Crippen LogP contribution is 2.20. The SMILES string of the molecule is CNC(=O)CC1CCN(C(=O)N[C@H](C)Cc2ccsc2)CC1. The van der Waals surface area contributed by atoms with Crippen molar-refractivity contribution in [1.29, 1.82) is 0 Å². The number of amides is 3. The lowest BCUT2D eigenvalue weighted by Gasteiger charge is -2.32. The van der Waals surface area contributed by atoms with E-state index in [4.69, 9.17) is 0 Å². The van der Waals surface area contributed by atoms with Crippen molar-refractivity contribution in [3.63, 3.8) is 0 Å². The molecule has 3 amide bonds. The summed E-state index contributed by atoms with van der Waals surface area (Å²) in [6, 6.07) is 2.24. The van der Waals surface area contributed by atoms with Gasteiger partial charge in [-0.2, -0.15) is 11.3 Å². The zero-order valence-corrected chi connectivity index (χ0v) is 14.1. The molecule has 1 saturated heterocycles. The molecule has 1 aliphatic rings. The molecule has 22 heavy (non-hydrogen) atoms. The molecule has 0 aromatic carbocycles. The van der Waals surface area contributed by atoms with Crippen LogP contribution in [0.3, 0.4) is 0 Å². The summed E-state index contributed by atoms with van der Waals surface area (Å²) in [5.41, 5.74) is 1.27. The number of rotatable bonds is 5. The van der Waals surface area contributed by atoms with Gasteiger partial charge in [0.15, 0.2) is 0 Å². The second-order valence-corrected chi connectivity index (χ2v) is 6.77. The fourth-order valence-electron chi connectivity index (χ4n) is 2.82. The molecule has 0 saturated carbocycles. The molecule has 1 aliphatic heterocycles. The maximum atomic E-state index is 12.3. The highest BCUT2D eigenvalue weighted by molar-refractivity contribution is 7.07. The molecule has 0 unspecified atom stereocenters. The van der Waals surface area contributed by atoms with Crippen molar-refractivity contribution in [2.75, 3.05) is 20.1 Å². The molecule has 0 spiro atoms. The Morgan fingerprint density at radius 1 is 1.41 bits per heavy atom. The molecule has 1 aromatic heterocycles. The molecule has 2 N–H and O–H groups in total. The lowest BCUT2D eigenvalue weighted by Crippen LogP contribution is -2.47. The number of nitrogens with zero attached hydrogens (tertiary/aromatic N) is 1. The molecule has 1 fully saturated rings. The monoisotopic (exact) mass is 323 g/mol. The van der Waals surface area contributed by atoms with Crippen LogP contribution in [0.15, 0.2) is 16.8 Å². The van der Waals surface area contributed by atoms with Crippen molar-refractivity contribution in [3.8, 4) is 0 Å². The van der Waals surface area contributed by atoms with Crippen LogP contribution in [0.25, 0.3) is 0 Å². The summed E-state index contributed by atoms with van der Waals surface area (Å²) < 4.78 is 0. The van der Waals surface area contributed by atoms with Crippen LogP contribution in [0.1, 0.15) is 31.7 Å². The Morgan fingerprint density at radius 3 is 2.73 bits per heavy atom. The van der Waals surface area contributed by atoms with Crippen LogP contribution in [0.5, 0.6) is 0 Å². The second-order valence-electron chi connectivity index (χ2n) is 5.99. The maximum Gasteiger partial charge on any atom is 0.317 e. The molecule has 6 heteroatoms. The Kier molecular flexibility index (Phi) is 6.24. The fraction of sp³-hybridized carbons (Fsp3) is 0.625. The third-order valence-corrected chi connectivity index (χ3v) is 4.88. The van der Waals surface area contributed by atoms with Gasteiger partial charge in [-0.1, -0.05) is 0 Å². The maximum absolute atomic E-state index is 12.3. The fourth-order valence-corrected chi connectivity index (χ4v) is 3.50. The molecule has 122 valence electrons. The molecule has 0 aliphatic carbocycles. The number of carbonyl (C=O) groups excluding carboxylic acids is 2. The number of thiophene rings is 1. The zero-order chi connectivity index (χ0) is 15.9. The first-order valence-corrected chi connectivity index (χ1v) is 8.80. The summed E-state index contributed by atoms with van der Waals surface area (Å²) in [5, 5.41) is 9.90. The topological polar surface area (TPSA) is 61.4 Å². The number of nitrogens with one attached hydrogen (secondary N) is 2. The van der Waals surface area contributed by atoms with Gasteiger partial charge in [0, 0.05) is 32.6 Å². The van der Waals surface area contributed by atoms with Gasteiger partial charge in [0.05, 0.1) is 0 Å². The number of carbonyl (C=O) groups is 2. The lowest BCUT2D eigenvalue weighted by molar-refractivity contribution is -0.121. The Balaban J connectivity index is 1.71. The molecular weight excluding hydrogens is 298 g/mol. The van der Waals surface area contributed by atoms with Crippen molar-refractivity contribution in [2.45, 2.75) is 38.6 Å². The van der Waals surface area contributed by atoms with E-state index in [1.807, 2.05) is 11.8 Å². The summed E-state index contributed by atoms with van der Waals surface area (Å²) in [5.74, 6) is 0.486. The quantitative estimate of drug-likeness (QED) is 0.873. The van der Waals surface area contributed by atoms with Gasteiger partial charge >= 0.3 is 6.03 Å². The van der Waals surface area contributed by atoms with E-state index < -0.39 is 0 Å². The molecule has 1 aromatic rings. The molecular formula is C16H25N3O2S. The van der Waals surface area contributed by atoms with Gasteiger partial charge in [-0.05, 0) is 54.5 Å². The van der Waals surface area contributed by atoms with Gasteiger partial charge in [-0.3, -0.25) is 4.79 Å². The molecule has 0 radical (unpaired) electrons. The van der Waals surface area contributed by atoms with E-state index in [1.54, 1.807) is 18.4 Å². The van der Waals surface area contributed by atoms with E-state index in [2.05, 4.69) is 27.5 Å². The van der Waals surface area contributed by atoms with Crippen molar-refractivity contribution in [1.82, 2.24) is 15.5 Å². The Bertz CT molecular complexity index is 482. The zero-order valence-electron chi connectivity index (χ0n) is 13.3. The summed E-state index contributed by atoms with van der Waals surface area (Å²) in [6.45, 7) is 3.51. The Labute approximate surface area is 136 Å².